The van der Waals surface area contributed by atoms with Gasteiger partial charge in [0.2, 0.25) is 0 Å². The Morgan fingerprint density at radius 1 is 0.694 bits per heavy atom. The number of hydrogen-bond acceptors (Lipinski definition) is 7. The molecule has 9 nitrogen and oxygen atoms in total. The molecule has 0 saturated carbocycles. The van der Waals surface area contributed by atoms with Crippen molar-refractivity contribution in [2.24, 2.45) is 10.8 Å². The second kappa shape index (κ2) is 13.8. The van der Waals surface area contributed by atoms with E-state index in [4.69, 9.17) is 4.74 Å². The fourth-order valence-electron chi connectivity index (χ4n) is 3.40. The molecule has 0 aromatic heterocycles. The summed E-state index contributed by atoms with van der Waals surface area (Å²) < 4.78 is 5.00. The quantitative estimate of drug-likeness (QED) is 0.313. The van der Waals surface area contributed by atoms with Crippen LogP contribution >= 0.6 is 0 Å². The van der Waals surface area contributed by atoms with E-state index in [1.807, 2.05) is 0 Å². The van der Waals surface area contributed by atoms with Gasteiger partial charge < -0.3 is 4.74 Å². The van der Waals surface area contributed by atoms with Crippen molar-refractivity contribution in [3.8, 4) is 0 Å². The molecule has 0 radical (unpaired) electrons. The minimum Gasteiger partial charge on any atom is -0.464 e. The van der Waals surface area contributed by atoms with Crippen LogP contribution in [-0.2, 0) is 33.5 Å². The summed E-state index contributed by atoms with van der Waals surface area (Å²) in [6.45, 7) is 12.8. The Balaban J connectivity index is 0.000000362. The van der Waals surface area contributed by atoms with E-state index in [2.05, 4.69) is 41.5 Å². The molecule has 9 heteroatoms. The van der Waals surface area contributed by atoms with E-state index in [0.717, 1.165) is 35.5 Å². The van der Waals surface area contributed by atoms with Crippen LogP contribution < -0.4 is 0 Å². The predicted octanol–water partition coefficient (Wildman–Crippen LogP) is 3.37. The van der Waals surface area contributed by atoms with Crippen molar-refractivity contribution in [2.75, 3.05) is 19.7 Å². The largest absolute Gasteiger partial charge is 0.464 e. The number of rotatable bonds is 11. The fourth-order valence-corrected chi connectivity index (χ4v) is 3.40. The number of imide groups is 2. The van der Waals surface area contributed by atoms with Gasteiger partial charge in [-0.05, 0) is 36.5 Å². The Kier molecular flexibility index (Phi) is 11.9. The van der Waals surface area contributed by atoms with Crippen molar-refractivity contribution < 1.29 is 33.5 Å². The second-order valence-corrected chi connectivity index (χ2v) is 11.3. The van der Waals surface area contributed by atoms with E-state index in [0.29, 0.717) is 12.8 Å². The van der Waals surface area contributed by atoms with Crippen molar-refractivity contribution >= 4 is 35.4 Å². The highest BCUT2D eigenvalue weighted by molar-refractivity contribution is 6.14. The standard InChI is InChI=1S/C14H21NO4.C13H19NO3/c1-14(2,3)8-4-5-13(18)19-10-9-15-11(16)6-7-12(15)17;1-13(2,3)8-4-5-10(15)9-14-11(16)6-7-12(14)17/h6-7H,4-5,8-10H2,1-3H3;6-7H,4-5,8-9H2,1-3H3. The molecule has 2 aliphatic heterocycles. The van der Waals surface area contributed by atoms with Gasteiger partial charge in [-0.2, -0.15) is 0 Å². The van der Waals surface area contributed by atoms with Crippen LogP contribution in [0.3, 0.4) is 0 Å². The fraction of sp³-hybridized carbons (Fsp3) is 0.630. The van der Waals surface area contributed by atoms with Crippen LogP contribution in [0, 0.1) is 10.8 Å². The van der Waals surface area contributed by atoms with Gasteiger partial charge in [0, 0.05) is 37.1 Å². The summed E-state index contributed by atoms with van der Waals surface area (Å²) in [6.07, 6.45) is 9.12. The van der Waals surface area contributed by atoms with E-state index in [1.54, 1.807) is 0 Å². The Morgan fingerprint density at radius 3 is 1.56 bits per heavy atom. The molecular formula is C27H40N2O7. The lowest BCUT2D eigenvalue weighted by Gasteiger charge is -2.18. The highest BCUT2D eigenvalue weighted by Gasteiger charge is 2.25. The number of esters is 1. The van der Waals surface area contributed by atoms with Gasteiger partial charge in [-0.15, -0.1) is 0 Å². The van der Waals surface area contributed by atoms with Crippen molar-refractivity contribution in [3.63, 3.8) is 0 Å². The Morgan fingerprint density at radius 2 is 1.11 bits per heavy atom. The number of carbonyl (C=O) groups is 6. The molecule has 4 amide bonds. The van der Waals surface area contributed by atoms with Crippen LogP contribution in [0.15, 0.2) is 24.3 Å². The summed E-state index contributed by atoms with van der Waals surface area (Å²) in [7, 11) is 0. The topological polar surface area (TPSA) is 118 Å². The molecule has 0 aromatic rings. The molecule has 0 fully saturated rings. The summed E-state index contributed by atoms with van der Waals surface area (Å²) in [6, 6.07) is 0. The number of ether oxygens (including phenoxy) is 1. The SMILES string of the molecule is CC(C)(C)CCCC(=O)CN1C(=O)C=CC1=O.CC(C)(C)CCCC(=O)OCCN1C(=O)C=CC1=O. The Labute approximate surface area is 213 Å². The van der Waals surface area contributed by atoms with Crippen LogP contribution in [0.25, 0.3) is 0 Å². The van der Waals surface area contributed by atoms with Crippen LogP contribution in [0.1, 0.15) is 80.1 Å². The van der Waals surface area contributed by atoms with E-state index in [1.165, 1.54) is 24.3 Å². The first-order valence-electron chi connectivity index (χ1n) is 12.3. The molecule has 200 valence electrons. The van der Waals surface area contributed by atoms with E-state index in [-0.39, 0.29) is 65.9 Å². The normalized spacial score (nSPS) is 15.5. The number of nitrogens with zero attached hydrogens (tertiary/aromatic N) is 2. The molecule has 0 unspecified atom stereocenters. The highest BCUT2D eigenvalue weighted by atomic mass is 16.5. The zero-order valence-corrected chi connectivity index (χ0v) is 22.4. The van der Waals surface area contributed by atoms with Gasteiger partial charge in [-0.1, -0.05) is 41.5 Å². The first-order valence-corrected chi connectivity index (χ1v) is 12.3. The molecule has 0 aromatic carbocycles. The van der Waals surface area contributed by atoms with Crippen molar-refractivity contribution in [1.29, 1.82) is 0 Å². The summed E-state index contributed by atoms with van der Waals surface area (Å²) in [5.41, 5.74) is 0.418. The Bertz CT molecular complexity index is 868. The highest BCUT2D eigenvalue weighted by Crippen LogP contribution is 2.22. The van der Waals surface area contributed by atoms with Crippen molar-refractivity contribution in [1.82, 2.24) is 9.80 Å². The number of amides is 4. The number of Topliss-reactive ketones (excluding diaryl/α,β-unsaturated/α-hetero) is 1. The Hall–Kier alpha value is -3.10. The molecule has 0 atom stereocenters. The third-order valence-corrected chi connectivity index (χ3v) is 5.40. The molecule has 0 bridgehead atoms. The molecule has 36 heavy (non-hydrogen) atoms. The molecular weight excluding hydrogens is 464 g/mol. The lowest BCUT2D eigenvalue weighted by atomic mass is 9.89. The van der Waals surface area contributed by atoms with Gasteiger partial charge in [-0.25, -0.2) is 0 Å². The maximum Gasteiger partial charge on any atom is 0.305 e. The zero-order valence-electron chi connectivity index (χ0n) is 22.4. The minimum atomic E-state index is -0.390. The van der Waals surface area contributed by atoms with Gasteiger partial charge >= 0.3 is 5.97 Å². The molecule has 0 aliphatic carbocycles. The third kappa shape index (κ3) is 12.6. The predicted molar refractivity (Wildman–Crippen MR) is 134 cm³/mol. The molecule has 0 N–H and O–H groups in total. The summed E-state index contributed by atoms with van der Waals surface area (Å²) in [5, 5.41) is 0. The van der Waals surface area contributed by atoms with Crippen LogP contribution in [0.2, 0.25) is 0 Å². The molecule has 0 saturated heterocycles. The van der Waals surface area contributed by atoms with Crippen molar-refractivity contribution in [2.45, 2.75) is 80.1 Å². The first-order chi connectivity index (χ1) is 16.6. The number of ketones is 1. The van der Waals surface area contributed by atoms with E-state index in [9.17, 15) is 28.8 Å². The third-order valence-electron chi connectivity index (χ3n) is 5.40. The van der Waals surface area contributed by atoms with Crippen LogP contribution in [0.4, 0.5) is 0 Å². The minimum absolute atomic E-state index is 0.0559. The van der Waals surface area contributed by atoms with Gasteiger partial charge in [0.05, 0.1) is 13.1 Å². The van der Waals surface area contributed by atoms with Crippen molar-refractivity contribution in [3.05, 3.63) is 24.3 Å². The van der Waals surface area contributed by atoms with Crippen LogP contribution in [0.5, 0.6) is 0 Å². The van der Waals surface area contributed by atoms with Gasteiger partial charge in [0.1, 0.15) is 6.61 Å². The summed E-state index contributed by atoms with van der Waals surface area (Å²) >= 11 is 0. The van der Waals surface area contributed by atoms with E-state index < -0.39 is 0 Å². The van der Waals surface area contributed by atoms with Crippen LogP contribution in [-0.4, -0.2) is 64.9 Å². The number of hydrogen-bond donors (Lipinski definition) is 0. The molecule has 2 heterocycles. The molecule has 2 aliphatic rings. The summed E-state index contributed by atoms with van der Waals surface area (Å²) in [4.78, 5) is 70.0. The maximum absolute atomic E-state index is 11.6. The maximum atomic E-state index is 11.6. The average Bonchev–Trinajstić information content (AvgIpc) is 3.22. The zero-order chi connectivity index (χ0) is 27.5. The smallest absolute Gasteiger partial charge is 0.305 e. The van der Waals surface area contributed by atoms with Gasteiger partial charge in [0.15, 0.2) is 5.78 Å². The molecule has 0 spiro atoms. The van der Waals surface area contributed by atoms with Gasteiger partial charge in [-0.3, -0.25) is 38.6 Å². The number of carbonyl (C=O) groups excluding carboxylic acids is 6. The average molecular weight is 505 g/mol. The monoisotopic (exact) mass is 504 g/mol. The summed E-state index contributed by atoms with van der Waals surface area (Å²) in [5.74, 6) is -1.82. The molecule has 2 rings (SSSR count). The van der Waals surface area contributed by atoms with E-state index >= 15 is 0 Å². The lowest BCUT2D eigenvalue weighted by Crippen LogP contribution is -2.35. The second-order valence-electron chi connectivity index (χ2n) is 11.3. The van der Waals surface area contributed by atoms with Gasteiger partial charge in [0.25, 0.3) is 23.6 Å². The first kappa shape index (κ1) is 30.9. The lowest BCUT2D eigenvalue weighted by molar-refractivity contribution is -0.147.